The molecule has 3 aromatic carbocycles. The highest BCUT2D eigenvalue weighted by Crippen LogP contribution is 2.37. The van der Waals surface area contributed by atoms with Crippen LogP contribution in [0.4, 0.5) is 11.4 Å². The van der Waals surface area contributed by atoms with Crippen LogP contribution in [0.25, 0.3) is 11.3 Å². The zero-order valence-electron chi connectivity index (χ0n) is 32.3. The lowest BCUT2D eigenvalue weighted by Crippen LogP contribution is -2.52. The predicted molar refractivity (Wildman–Crippen MR) is 201 cm³/mol. The Balaban J connectivity index is 1.31. The molecule has 2 aliphatic rings. The number of nitriles is 1. The van der Waals surface area contributed by atoms with Crippen molar-refractivity contribution in [2.75, 3.05) is 37.7 Å². The molecule has 1 atom stereocenters. The molecule has 1 saturated heterocycles. The number of carbonyl (C=O) groups is 2. The predicted octanol–water partition coefficient (Wildman–Crippen LogP) is 6.76. The number of amides is 2. The van der Waals surface area contributed by atoms with Gasteiger partial charge >= 0.3 is 0 Å². The molecule has 7 rings (SSSR count). The lowest BCUT2D eigenvalue weighted by molar-refractivity contribution is 0.0193. The molecular weight excluding hydrogens is 676 g/mol. The molecule has 11 heteroatoms. The van der Waals surface area contributed by atoms with Crippen LogP contribution in [-0.4, -0.2) is 74.7 Å². The molecule has 266 valence electrons. The van der Waals surface area contributed by atoms with Gasteiger partial charge in [0, 0.05) is 89.3 Å². The van der Waals surface area contributed by atoms with Gasteiger partial charge in [0.2, 0.25) is 0 Å². The monoisotopic (exact) mass is 719 g/mol. The third-order valence-electron chi connectivity index (χ3n) is 10.3. The van der Waals surface area contributed by atoms with Gasteiger partial charge < -0.3 is 23.9 Å². The normalized spacial score (nSPS) is 17.1. The Bertz CT molecular complexity index is 2320. The zero-order valence-corrected chi connectivity index (χ0v) is 30.0. The summed E-state index contributed by atoms with van der Waals surface area (Å²) in [6.07, 6.45) is 0.716. The first kappa shape index (κ1) is 31.4. The second-order valence-electron chi connectivity index (χ2n) is 13.4. The summed E-state index contributed by atoms with van der Waals surface area (Å²) in [6.45, 7) is 4.71. The molecular formula is C41H41ClN6O4. The standard InChI is InChI=1S/C41H41ClN6O4/c1-26-36(41(51)48(31-10-12-34(49)13-11-31)38-21-32(23-43)44(3)27(38)2)22-39(45(26)4)37-20-30(42)9-14-35(37)40(50)47-24-29-8-6-5-7-28(29)19-33(47)25-46-15-17-52-18-16-46/h5-14,20-22,33,49H,15-19,24-25H2,1-4H3/t33-/m0/s1/i3D3. The van der Waals surface area contributed by atoms with Crippen molar-refractivity contribution in [3.05, 3.63) is 123 Å². The Kier molecular flexibility index (Phi) is 8.67. The zero-order chi connectivity index (χ0) is 39.2. The minimum atomic E-state index is -2.68. The van der Waals surface area contributed by atoms with Crippen LogP contribution in [-0.2, 0) is 31.7 Å². The summed E-state index contributed by atoms with van der Waals surface area (Å²) in [4.78, 5) is 35.3. The molecule has 1 fully saturated rings. The van der Waals surface area contributed by atoms with E-state index >= 15 is 0 Å². The van der Waals surface area contributed by atoms with E-state index in [0.717, 1.165) is 23.2 Å². The Hall–Kier alpha value is -5.34. The molecule has 52 heavy (non-hydrogen) atoms. The number of hydrogen-bond acceptors (Lipinski definition) is 6. The van der Waals surface area contributed by atoms with Gasteiger partial charge in [-0.15, -0.1) is 0 Å². The van der Waals surface area contributed by atoms with Crippen molar-refractivity contribution in [2.24, 2.45) is 14.0 Å². The molecule has 0 bridgehead atoms. The van der Waals surface area contributed by atoms with Crippen LogP contribution in [0.2, 0.25) is 5.02 Å². The maximum absolute atomic E-state index is 14.9. The largest absolute Gasteiger partial charge is 0.508 e. The number of morpholine rings is 1. The Morgan fingerprint density at radius 3 is 2.40 bits per heavy atom. The summed E-state index contributed by atoms with van der Waals surface area (Å²) < 4.78 is 32.6. The summed E-state index contributed by atoms with van der Waals surface area (Å²) in [5.74, 6) is -0.678. The van der Waals surface area contributed by atoms with E-state index in [1.807, 2.05) is 34.7 Å². The van der Waals surface area contributed by atoms with Crippen molar-refractivity contribution >= 4 is 34.8 Å². The molecule has 5 aromatic rings. The number of nitrogens with zero attached hydrogens (tertiary/aromatic N) is 6. The minimum absolute atomic E-state index is 0.0219. The van der Waals surface area contributed by atoms with Crippen molar-refractivity contribution in [3.63, 3.8) is 0 Å². The van der Waals surface area contributed by atoms with E-state index in [1.165, 1.54) is 28.7 Å². The van der Waals surface area contributed by atoms with E-state index in [9.17, 15) is 20.0 Å². The van der Waals surface area contributed by atoms with Crippen LogP contribution >= 0.6 is 11.6 Å². The van der Waals surface area contributed by atoms with Crippen molar-refractivity contribution in [3.8, 4) is 23.1 Å². The van der Waals surface area contributed by atoms with Crippen LogP contribution in [0, 0.1) is 25.2 Å². The molecule has 2 aliphatic heterocycles. The van der Waals surface area contributed by atoms with Gasteiger partial charge in [0.15, 0.2) is 0 Å². The Morgan fingerprint density at radius 1 is 0.981 bits per heavy atom. The first-order chi connectivity index (χ1) is 26.3. The SMILES string of the molecule is [2H]C([2H])([2H])n1c(C#N)cc(N(C(=O)c2cc(-c3cc(Cl)ccc3C(=O)N3Cc4ccccc4C[C@H]3CN3CCOCC3)n(C)c2C)c2ccc(O)cc2)c1C. The van der Waals surface area contributed by atoms with E-state index < -0.39 is 12.9 Å². The number of ether oxygens (including phenoxy) is 1. The molecule has 1 N–H and O–H groups in total. The van der Waals surface area contributed by atoms with Gasteiger partial charge in [-0.1, -0.05) is 35.9 Å². The average Bonchev–Trinajstić information content (AvgIpc) is 3.66. The van der Waals surface area contributed by atoms with Crippen LogP contribution < -0.4 is 4.90 Å². The summed E-state index contributed by atoms with van der Waals surface area (Å²) in [5.41, 5.74) is 5.35. The van der Waals surface area contributed by atoms with Gasteiger partial charge in [0.1, 0.15) is 17.5 Å². The van der Waals surface area contributed by atoms with E-state index in [4.69, 9.17) is 20.5 Å². The lowest BCUT2D eigenvalue weighted by Gasteiger charge is -2.40. The topological polar surface area (TPSA) is 107 Å². The fourth-order valence-corrected chi connectivity index (χ4v) is 7.48. The van der Waals surface area contributed by atoms with Gasteiger partial charge in [-0.2, -0.15) is 5.26 Å². The summed E-state index contributed by atoms with van der Waals surface area (Å²) in [6, 6.07) is 24.3. The summed E-state index contributed by atoms with van der Waals surface area (Å²) >= 11 is 6.63. The van der Waals surface area contributed by atoms with Crippen molar-refractivity contribution in [1.82, 2.24) is 18.9 Å². The lowest BCUT2D eigenvalue weighted by atomic mass is 9.92. The number of benzene rings is 3. The third-order valence-corrected chi connectivity index (χ3v) is 10.6. The van der Waals surface area contributed by atoms with Gasteiger partial charge in [-0.3, -0.25) is 19.4 Å². The number of hydrogen-bond donors (Lipinski definition) is 1. The number of halogens is 1. The average molecular weight is 720 g/mol. The second kappa shape index (κ2) is 14.4. The fraction of sp³-hybridized carbons (Fsp3) is 0.293. The fourth-order valence-electron chi connectivity index (χ4n) is 7.30. The smallest absolute Gasteiger partial charge is 0.264 e. The number of phenols is 1. The number of rotatable bonds is 7. The van der Waals surface area contributed by atoms with Crippen LogP contribution in [0.5, 0.6) is 5.75 Å². The van der Waals surface area contributed by atoms with Gasteiger partial charge in [-0.05, 0) is 86.0 Å². The minimum Gasteiger partial charge on any atom is -0.508 e. The Morgan fingerprint density at radius 2 is 1.71 bits per heavy atom. The van der Waals surface area contributed by atoms with Crippen molar-refractivity contribution in [2.45, 2.75) is 32.9 Å². The Labute approximate surface area is 312 Å². The highest BCUT2D eigenvalue weighted by Gasteiger charge is 2.34. The maximum Gasteiger partial charge on any atom is 0.264 e. The van der Waals surface area contributed by atoms with Gasteiger partial charge in [-0.25, -0.2) is 0 Å². The van der Waals surface area contributed by atoms with Crippen LogP contribution in [0.15, 0.2) is 78.9 Å². The molecule has 0 spiro atoms. The number of phenolic OH excluding ortho intramolecular Hbond substituents is 1. The van der Waals surface area contributed by atoms with Gasteiger partial charge in [0.05, 0.1) is 24.5 Å². The number of aromatic hydroxyl groups is 1. The number of carbonyl (C=O) groups excluding carboxylic acids is 2. The molecule has 0 radical (unpaired) electrons. The van der Waals surface area contributed by atoms with Gasteiger partial charge in [0.25, 0.3) is 11.8 Å². The van der Waals surface area contributed by atoms with Crippen LogP contribution in [0.1, 0.15) is 53.0 Å². The number of anilines is 2. The quantitative estimate of drug-likeness (QED) is 0.199. The first-order valence-electron chi connectivity index (χ1n) is 18.7. The molecule has 0 saturated carbocycles. The van der Waals surface area contributed by atoms with Crippen LogP contribution in [0.3, 0.4) is 0 Å². The van der Waals surface area contributed by atoms with Crippen molar-refractivity contribution < 1.29 is 23.5 Å². The molecule has 4 heterocycles. The van der Waals surface area contributed by atoms with Crippen molar-refractivity contribution in [1.29, 1.82) is 5.26 Å². The first-order valence-corrected chi connectivity index (χ1v) is 17.5. The highest BCUT2D eigenvalue weighted by atomic mass is 35.5. The van der Waals surface area contributed by atoms with E-state index in [2.05, 4.69) is 17.0 Å². The second-order valence-corrected chi connectivity index (χ2v) is 13.8. The highest BCUT2D eigenvalue weighted by molar-refractivity contribution is 6.31. The molecule has 0 unspecified atom stereocenters. The molecule has 10 nitrogen and oxygen atoms in total. The molecule has 0 aliphatic carbocycles. The molecule has 2 amide bonds. The number of aromatic nitrogens is 2. The maximum atomic E-state index is 14.9. The van der Waals surface area contributed by atoms with E-state index in [0.29, 0.717) is 65.9 Å². The summed E-state index contributed by atoms with van der Waals surface area (Å²) in [7, 11) is 1.81. The summed E-state index contributed by atoms with van der Waals surface area (Å²) in [5, 5.41) is 20.4. The molecule has 2 aromatic heterocycles. The van der Waals surface area contributed by atoms with E-state index in [-0.39, 0.29) is 40.3 Å². The number of fused-ring (bicyclic) bond motifs is 1. The third kappa shape index (κ3) is 6.48. The van der Waals surface area contributed by atoms with E-state index in [1.54, 1.807) is 50.2 Å².